The summed E-state index contributed by atoms with van der Waals surface area (Å²) in [6, 6.07) is 9.32. The molecule has 1 aromatic heterocycles. The second-order valence-corrected chi connectivity index (χ2v) is 4.21. The summed E-state index contributed by atoms with van der Waals surface area (Å²) in [7, 11) is 1.74. The fraction of sp³-hybridized carbons (Fsp3) is 0.200. The van der Waals surface area contributed by atoms with Gasteiger partial charge in [0.1, 0.15) is 11.6 Å². The molecule has 0 fully saturated rings. The Kier molecular flexibility index (Phi) is 4.30. The van der Waals surface area contributed by atoms with Crippen LogP contribution >= 0.6 is 0 Å². The lowest BCUT2D eigenvalue weighted by atomic mass is 10.2. The third-order valence-corrected chi connectivity index (χ3v) is 2.94. The molecule has 2 rings (SSSR count). The van der Waals surface area contributed by atoms with E-state index in [2.05, 4.69) is 10.3 Å². The van der Waals surface area contributed by atoms with E-state index in [4.69, 9.17) is 0 Å². The van der Waals surface area contributed by atoms with Crippen LogP contribution in [0, 0.1) is 5.82 Å². The van der Waals surface area contributed by atoms with Gasteiger partial charge in [0.05, 0.1) is 0 Å². The van der Waals surface area contributed by atoms with Crippen molar-refractivity contribution < 1.29 is 9.18 Å². The van der Waals surface area contributed by atoms with Crippen molar-refractivity contribution in [3.8, 4) is 0 Å². The number of carbonyl (C=O) groups excluding carboxylic acids is 1. The molecule has 0 aliphatic carbocycles. The smallest absolute Gasteiger partial charge is 0.258 e. The van der Waals surface area contributed by atoms with Crippen molar-refractivity contribution in [3.63, 3.8) is 0 Å². The van der Waals surface area contributed by atoms with E-state index < -0.39 is 0 Å². The number of rotatable bonds is 4. The quantitative estimate of drug-likeness (QED) is 0.931. The highest BCUT2D eigenvalue weighted by Gasteiger charge is 2.16. The molecule has 0 radical (unpaired) electrons. The van der Waals surface area contributed by atoms with Gasteiger partial charge in [-0.05, 0) is 37.3 Å². The van der Waals surface area contributed by atoms with E-state index in [9.17, 15) is 9.18 Å². The molecule has 1 heterocycles. The molecule has 2 aromatic rings. The fourth-order valence-electron chi connectivity index (χ4n) is 1.94. The zero-order valence-corrected chi connectivity index (χ0v) is 11.4. The molecule has 4 nitrogen and oxygen atoms in total. The topological polar surface area (TPSA) is 45.2 Å². The van der Waals surface area contributed by atoms with Gasteiger partial charge >= 0.3 is 0 Å². The zero-order valence-electron chi connectivity index (χ0n) is 11.4. The molecular formula is C15H16FN3O. The number of nitrogens with zero attached hydrogens (tertiary/aromatic N) is 2. The molecule has 0 aliphatic heterocycles. The normalized spacial score (nSPS) is 10.2. The number of hydrogen-bond acceptors (Lipinski definition) is 3. The first-order valence-electron chi connectivity index (χ1n) is 6.37. The highest BCUT2D eigenvalue weighted by Crippen LogP contribution is 2.19. The van der Waals surface area contributed by atoms with Gasteiger partial charge in [-0.25, -0.2) is 9.37 Å². The molecule has 104 valence electrons. The number of aromatic nitrogens is 1. The number of pyridine rings is 1. The Labute approximate surface area is 117 Å². The van der Waals surface area contributed by atoms with E-state index in [0.29, 0.717) is 23.6 Å². The van der Waals surface area contributed by atoms with Crippen LogP contribution in [-0.4, -0.2) is 24.5 Å². The summed E-state index contributed by atoms with van der Waals surface area (Å²) in [6.07, 6.45) is 1.57. The van der Waals surface area contributed by atoms with E-state index in [-0.39, 0.29) is 11.7 Å². The maximum atomic E-state index is 13.3. The summed E-state index contributed by atoms with van der Waals surface area (Å²) in [5.74, 6) is 0.0718. The maximum absolute atomic E-state index is 13.3. The van der Waals surface area contributed by atoms with Crippen molar-refractivity contribution >= 4 is 17.4 Å². The van der Waals surface area contributed by atoms with Crippen LogP contribution in [0.25, 0.3) is 0 Å². The van der Waals surface area contributed by atoms with E-state index in [1.54, 1.807) is 37.5 Å². The Morgan fingerprint density at radius 2 is 2.15 bits per heavy atom. The van der Waals surface area contributed by atoms with Crippen LogP contribution in [0.4, 0.5) is 15.9 Å². The number of carbonyl (C=O) groups is 1. The summed E-state index contributed by atoms with van der Waals surface area (Å²) in [6.45, 7) is 2.31. The highest BCUT2D eigenvalue weighted by atomic mass is 19.1. The van der Waals surface area contributed by atoms with Gasteiger partial charge in [0.25, 0.3) is 5.91 Å². The van der Waals surface area contributed by atoms with Crippen LogP contribution in [-0.2, 0) is 0 Å². The van der Waals surface area contributed by atoms with Crippen molar-refractivity contribution in [1.82, 2.24) is 4.98 Å². The third kappa shape index (κ3) is 2.93. The largest absolute Gasteiger partial charge is 0.373 e. The Balaban J connectivity index is 2.33. The number of hydrogen-bond donors (Lipinski definition) is 1. The average Bonchev–Trinajstić information content (AvgIpc) is 2.48. The SMILES string of the molecule is CCN(C(=O)c1ccnc(NC)c1)c1cccc(F)c1. The van der Waals surface area contributed by atoms with E-state index in [1.165, 1.54) is 17.0 Å². The molecule has 0 saturated heterocycles. The number of benzene rings is 1. The molecule has 0 saturated carbocycles. The van der Waals surface area contributed by atoms with E-state index >= 15 is 0 Å². The van der Waals surface area contributed by atoms with Crippen LogP contribution in [0.3, 0.4) is 0 Å². The zero-order chi connectivity index (χ0) is 14.5. The van der Waals surface area contributed by atoms with Crippen LogP contribution < -0.4 is 10.2 Å². The van der Waals surface area contributed by atoms with Gasteiger partial charge in [0.15, 0.2) is 0 Å². The van der Waals surface area contributed by atoms with Crippen LogP contribution in [0.5, 0.6) is 0 Å². The minimum atomic E-state index is -0.362. The first kappa shape index (κ1) is 14.0. The van der Waals surface area contributed by atoms with Gasteiger partial charge in [-0.3, -0.25) is 4.79 Å². The minimum Gasteiger partial charge on any atom is -0.373 e. The predicted molar refractivity (Wildman–Crippen MR) is 77.5 cm³/mol. The Morgan fingerprint density at radius 3 is 2.80 bits per heavy atom. The summed E-state index contributed by atoms with van der Waals surface area (Å²) in [4.78, 5) is 18.1. The molecule has 1 aromatic carbocycles. The third-order valence-electron chi connectivity index (χ3n) is 2.94. The molecule has 0 atom stereocenters. The molecule has 1 amide bonds. The molecule has 20 heavy (non-hydrogen) atoms. The summed E-state index contributed by atoms with van der Waals surface area (Å²) < 4.78 is 13.3. The van der Waals surface area contributed by atoms with Crippen LogP contribution in [0.1, 0.15) is 17.3 Å². The number of anilines is 2. The van der Waals surface area contributed by atoms with Gasteiger partial charge < -0.3 is 10.2 Å². The molecule has 5 heteroatoms. The van der Waals surface area contributed by atoms with Crippen LogP contribution in [0.2, 0.25) is 0 Å². The van der Waals surface area contributed by atoms with Crippen molar-refractivity contribution in [1.29, 1.82) is 0 Å². The second kappa shape index (κ2) is 6.14. The monoisotopic (exact) mass is 273 g/mol. The number of amides is 1. The van der Waals surface area contributed by atoms with Gasteiger partial charge in [-0.1, -0.05) is 6.07 Å². The molecule has 0 spiro atoms. The van der Waals surface area contributed by atoms with E-state index in [0.717, 1.165) is 0 Å². The summed E-state index contributed by atoms with van der Waals surface area (Å²) in [5, 5.41) is 2.89. The lowest BCUT2D eigenvalue weighted by Gasteiger charge is -2.21. The lowest BCUT2D eigenvalue weighted by molar-refractivity contribution is 0.0988. The van der Waals surface area contributed by atoms with Crippen LogP contribution in [0.15, 0.2) is 42.6 Å². The Morgan fingerprint density at radius 1 is 1.35 bits per heavy atom. The minimum absolute atomic E-state index is 0.183. The maximum Gasteiger partial charge on any atom is 0.258 e. The summed E-state index contributed by atoms with van der Waals surface area (Å²) in [5.41, 5.74) is 1.05. The van der Waals surface area contributed by atoms with Gasteiger partial charge in [-0.2, -0.15) is 0 Å². The molecule has 0 aliphatic rings. The molecule has 1 N–H and O–H groups in total. The highest BCUT2D eigenvalue weighted by molar-refractivity contribution is 6.06. The standard InChI is InChI=1S/C15H16FN3O/c1-3-19(13-6-4-5-12(16)10-13)15(20)11-7-8-18-14(9-11)17-2/h4-10H,3H2,1-2H3,(H,17,18). The van der Waals surface area contributed by atoms with Crippen molar-refractivity contribution in [2.45, 2.75) is 6.92 Å². The average molecular weight is 273 g/mol. The van der Waals surface area contributed by atoms with Gasteiger partial charge in [0.2, 0.25) is 0 Å². The molecule has 0 bridgehead atoms. The van der Waals surface area contributed by atoms with Crippen molar-refractivity contribution in [3.05, 3.63) is 54.0 Å². The number of halogens is 1. The van der Waals surface area contributed by atoms with Crippen molar-refractivity contribution in [2.75, 3.05) is 23.8 Å². The van der Waals surface area contributed by atoms with Gasteiger partial charge in [0, 0.05) is 31.0 Å². The fourth-order valence-corrected chi connectivity index (χ4v) is 1.94. The summed E-state index contributed by atoms with van der Waals surface area (Å²) >= 11 is 0. The number of nitrogens with one attached hydrogen (secondary N) is 1. The lowest BCUT2D eigenvalue weighted by Crippen LogP contribution is -2.30. The molecular weight excluding hydrogens is 257 g/mol. The van der Waals surface area contributed by atoms with E-state index in [1.807, 2.05) is 6.92 Å². The predicted octanol–water partition coefficient (Wildman–Crippen LogP) is 2.93. The second-order valence-electron chi connectivity index (χ2n) is 4.21. The Bertz CT molecular complexity index is 616. The van der Waals surface area contributed by atoms with Gasteiger partial charge in [-0.15, -0.1) is 0 Å². The Hall–Kier alpha value is -2.43. The molecule has 0 unspecified atom stereocenters. The first-order chi connectivity index (χ1) is 9.65. The first-order valence-corrected chi connectivity index (χ1v) is 6.37. The van der Waals surface area contributed by atoms with Crippen molar-refractivity contribution in [2.24, 2.45) is 0 Å².